The molecule has 0 bridgehead atoms. The number of nitrogens with zero attached hydrogens (tertiary/aromatic N) is 1. The molecule has 5 atom stereocenters. The minimum atomic E-state index is -0.663. The van der Waals surface area contributed by atoms with Crippen LogP contribution in [0.15, 0.2) is 34.7 Å². The van der Waals surface area contributed by atoms with Crippen LogP contribution in [0.2, 0.25) is 0 Å². The molecule has 0 aromatic rings. The minimum absolute atomic E-state index is 0.0480. The second-order valence-electron chi connectivity index (χ2n) is 8.34. The number of aliphatic hydroxyl groups excluding tert-OH is 3. The fourth-order valence-electron chi connectivity index (χ4n) is 5.50. The number of methoxy groups -OCH3 is 1. The fraction of sp³-hybridized carbons (Fsp3) is 0.682. The van der Waals surface area contributed by atoms with Gasteiger partial charge in [-0.3, -0.25) is 4.90 Å². The highest BCUT2D eigenvalue weighted by Gasteiger charge is 2.51. The second kappa shape index (κ2) is 8.70. The number of hydrogen-bond donors (Lipinski definition) is 3. The zero-order valence-corrected chi connectivity index (χ0v) is 17.5. The summed E-state index contributed by atoms with van der Waals surface area (Å²) in [5, 5.41) is 30.5. The van der Waals surface area contributed by atoms with Gasteiger partial charge in [0.25, 0.3) is 0 Å². The number of carbonyl (C=O) groups excluding carboxylic acids is 1. The summed E-state index contributed by atoms with van der Waals surface area (Å²) < 4.78 is 16.9. The van der Waals surface area contributed by atoms with Gasteiger partial charge in [-0.15, -0.1) is 0 Å². The van der Waals surface area contributed by atoms with E-state index in [0.717, 1.165) is 38.0 Å². The summed E-state index contributed by atoms with van der Waals surface area (Å²) in [7, 11) is 1.41. The van der Waals surface area contributed by atoms with E-state index in [4.69, 9.17) is 14.2 Å². The van der Waals surface area contributed by atoms with E-state index >= 15 is 0 Å². The molecule has 3 N–H and O–H groups in total. The second-order valence-corrected chi connectivity index (χ2v) is 8.34. The van der Waals surface area contributed by atoms with Gasteiger partial charge in [0.05, 0.1) is 32.3 Å². The topological polar surface area (TPSA) is 109 Å². The van der Waals surface area contributed by atoms with Crippen molar-refractivity contribution in [1.29, 1.82) is 0 Å². The molecule has 4 heterocycles. The van der Waals surface area contributed by atoms with Crippen molar-refractivity contribution >= 4 is 5.97 Å². The highest BCUT2D eigenvalue weighted by Crippen LogP contribution is 2.49. The summed E-state index contributed by atoms with van der Waals surface area (Å²) in [5.41, 5.74) is 0.0480. The minimum Gasteiger partial charge on any atom is -0.492 e. The zero-order valence-electron chi connectivity index (χ0n) is 17.5. The van der Waals surface area contributed by atoms with E-state index in [1.165, 1.54) is 7.11 Å². The van der Waals surface area contributed by atoms with Crippen LogP contribution in [0.4, 0.5) is 0 Å². The Morgan fingerprint density at radius 2 is 2.10 bits per heavy atom. The van der Waals surface area contributed by atoms with Crippen molar-refractivity contribution in [3.8, 4) is 0 Å². The summed E-state index contributed by atoms with van der Waals surface area (Å²) in [6.45, 7) is 2.17. The number of aliphatic hydroxyl groups is 3. The van der Waals surface area contributed by atoms with Crippen molar-refractivity contribution in [3.05, 3.63) is 34.7 Å². The van der Waals surface area contributed by atoms with E-state index in [0.29, 0.717) is 12.2 Å². The normalized spacial score (nSPS) is 35.2. The number of cyclic esters (lactones) is 1. The molecule has 8 heteroatoms. The van der Waals surface area contributed by atoms with E-state index in [2.05, 4.69) is 11.0 Å². The monoisotopic (exact) mass is 421 g/mol. The first-order valence-electron chi connectivity index (χ1n) is 10.8. The van der Waals surface area contributed by atoms with E-state index in [9.17, 15) is 20.1 Å². The zero-order chi connectivity index (χ0) is 21.4. The van der Waals surface area contributed by atoms with Crippen molar-refractivity contribution in [3.63, 3.8) is 0 Å². The van der Waals surface area contributed by atoms with Gasteiger partial charge in [0.1, 0.15) is 11.3 Å². The Morgan fingerprint density at radius 1 is 1.30 bits per heavy atom. The van der Waals surface area contributed by atoms with Crippen molar-refractivity contribution < 1.29 is 34.3 Å². The summed E-state index contributed by atoms with van der Waals surface area (Å²) in [4.78, 5) is 14.5. The van der Waals surface area contributed by atoms with Crippen LogP contribution >= 0.6 is 0 Å². The van der Waals surface area contributed by atoms with Gasteiger partial charge < -0.3 is 29.5 Å². The first-order valence-corrected chi connectivity index (χ1v) is 10.8. The molecule has 4 aliphatic heterocycles. The molecule has 0 amide bonds. The van der Waals surface area contributed by atoms with E-state index in [1.54, 1.807) is 0 Å². The lowest BCUT2D eigenvalue weighted by Crippen LogP contribution is -2.54. The van der Waals surface area contributed by atoms with Gasteiger partial charge in [0.15, 0.2) is 11.5 Å². The average molecular weight is 421 g/mol. The number of carbonyl (C=O) groups is 1. The first-order chi connectivity index (χ1) is 14.5. The summed E-state index contributed by atoms with van der Waals surface area (Å²) in [6, 6.07) is 0.218. The Morgan fingerprint density at radius 3 is 2.77 bits per heavy atom. The van der Waals surface area contributed by atoms with Crippen molar-refractivity contribution in [1.82, 2.24) is 4.90 Å². The molecule has 0 aliphatic carbocycles. The van der Waals surface area contributed by atoms with Crippen LogP contribution in [-0.2, 0) is 19.0 Å². The smallest absolute Gasteiger partial charge is 0.345 e. The third kappa shape index (κ3) is 3.36. The fourth-order valence-corrected chi connectivity index (χ4v) is 5.50. The molecule has 2 fully saturated rings. The highest BCUT2D eigenvalue weighted by atomic mass is 16.6. The summed E-state index contributed by atoms with van der Waals surface area (Å²) >= 11 is 0. The molecule has 0 aromatic carbocycles. The van der Waals surface area contributed by atoms with Gasteiger partial charge in [-0.05, 0) is 31.8 Å². The van der Waals surface area contributed by atoms with Crippen LogP contribution in [0, 0.1) is 11.8 Å². The Bertz CT molecular complexity index is 786. The summed E-state index contributed by atoms with van der Waals surface area (Å²) in [5.74, 6) is 0.303. The lowest BCUT2D eigenvalue weighted by atomic mass is 9.79. The number of rotatable bonds is 5. The number of hydrogen-bond acceptors (Lipinski definition) is 8. The Kier molecular flexibility index (Phi) is 6.20. The maximum atomic E-state index is 12.2. The predicted molar refractivity (Wildman–Crippen MR) is 107 cm³/mol. The van der Waals surface area contributed by atoms with Crippen LogP contribution in [0.5, 0.6) is 0 Å². The van der Waals surface area contributed by atoms with E-state index < -0.39 is 18.5 Å². The van der Waals surface area contributed by atoms with Crippen LogP contribution < -0.4 is 0 Å². The molecule has 166 valence electrons. The SMILES string of the molecule is CCC(O)C1CCCC2C3C(=CCCN12)OC(=C1OC(=O)C(CO)=C1OC)C3CO. The van der Waals surface area contributed by atoms with Crippen LogP contribution in [0.3, 0.4) is 0 Å². The molecule has 4 rings (SSSR count). The van der Waals surface area contributed by atoms with Crippen LogP contribution in [0.1, 0.15) is 39.0 Å². The standard InChI is InChI=1S/C22H31NO7/c1-3-16(26)14-6-4-7-15-18-12(10-24)20(29-17(18)8-5-9-23(14)15)21-19(28-2)13(11-25)22(27)30-21/h8,12,14-16,18,24-26H,3-7,9-11H2,1-2H3. The number of esters is 1. The number of ether oxygens (including phenoxy) is 3. The lowest BCUT2D eigenvalue weighted by Gasteiger charge is -2.46. The molecule has 0 saturated carbocycles. The van der Waals surface area contributed by atoms with Crippen molar-refractivity contribution in [2.24, 2.45) is 11.8 Å². The summed E-state index contributed by atoms with van der Waals surface area (Å²) in [6.07, 6.45) is 6.07. The third-order valence-corrected chi connectivity index (χ3v) is 6.89. The quantitative estimate of drug-likeness (QED) is 0.568. The first kappa shape index (κ1) is 21.4. The molecule has 5 unspecified atom stereocenters. The molecular weight excluding hydrogens is 390 g/mol. The van der Waals surface area contributed by atoms with Gasteiger partial charge in [-0.2, -0.15) is 0 Å². The lowest BCUT2D eigenvalue weighted by molar-refractivity contribution is -0.134. The Labute approximate surface area is 176 Å². The van der Waals surface area contributed by atoms with Gasteiger partial charge >= 0.3 is 5.97 Å². The predicted octanol–water partition coefficient (Wildman–Crippen LogP) is 1.18. The molecule has 8 nitrogen and oxygen atoms in total. The molecule has 30 heavy (non-hydrogen) atoms. The molecular formula is C22H31NO7. The van der Waals surface area contributed by atoms with Gasteiger partial charge in [0, 0.05) is 24.5 Å². The van der Waals surface area contributed by atoms with Crippen molar-refractivity contribution in [2.75, 3.05) is 26.9 Å². The van der Waals surface area contributed by atoms with Crippen LogP contribution in [0.25, 0.3) is 0 Å². The van der Waals surface area contributed by atoms with Crippen molar-refractivity contribution in [2.45, 2.75) is 57.2 Å². The van der Waals surface area contributed by atoms with E-state index in [1.807, 2.05) is 6.92 Å². The Hall–Kier alpha value is -1.87. The molecule has 0 radical (unpaired) electrons. The maximum Gasteiger partial charge on any atom is 0.345 e. The molecule has 4 aliphatic rings. The number of piperidine rings is 1. The van der Waals surface area contributed by atoms with Crippen LogP contribution in [-0.4, -0.2) is 71.2 Å². The van der Waals surface area contributed by atoms with E-state index in [-0.39, 0.29) is 47.8 Å². The highest BCUT2D eigenvalue weighted by molar-refractivity contribution is 5.94. The largest absolute Gasteiger partial charge is 0.492 e. The van der Waals surface area contributed by atoms with Gasteiger partial charge in [-0.25, -0.2) is 4.79 Å². The molecule has 0 aromatic heterocycles. The number of fused-ring (bicyclic) bond motifs is 3. The molecule has 0 spiro atoms. The Balaban J connectivity index is 1.73. The maximum absolute atomic E-state index is 12.2. The van der Waals surface area contributed by atoms with Gasteiger partial charge in [-0.1, -0.05) is 13.3 Å². The molecule has 2 saturated heterocycles. The third-order valence-electron chi connectivity index (χ3n) is 6.89. The van der Waals surface area contributed by atoms with Gasteiger partial charge in [0.2, 0.25) is 5.76 Å². The average Bonchev–Trinajstić information content (AvgIpc) is 3.22.